The number of nitrogens with zero attached hydrogens (tertiary/aromatic N) is 3. The van der Waals surface area contributed by atoms with Gasteiger partial charge in [0.1, 0.15) is 5.82 Å². The highest BCUT2D eigenvalue weighted by molar-refractivity contribution is 5.91. The van der Waals surface area contributed by atoms with Gasteiger partial charge in [-0.15, -0.1) is 0 Å². The second-order valence-corrected chi connectivity index (χ2v) is 8.73. The van der Waals surface area contributed by atoms with Crippen LogP contribution in [0.1, 0.15) is 38.7 Å². The molecule has 1 fully saturated rings. The Labute approximate surface area is 179 Å². The fourth-order valence-corrected chi connectivity index (χ4v) is 4.26. The number of fused-ring (bicyclic) bond motifs is 1. The lowest BCUT2D eigenvalue weighted by atomic mass is 9.95. The first-order valence-electron chi connectivity index (χ1n) is 11.1. The molecule has 30 heavy (non-hydrogen) atoms. The first-order valence-corrected chi connectivity index (χ1v) is 11.1. The monoisotopic (exact) mass is 404 g/mol. The van der Waals surface area contributed by atoms with Crippen LogP contribution in [-0.2, 0) is 11.3 Å². The van der Waals surface area contributed by atoms with Crippen molar-refractivity contribution < 1.29 is 4.79 Å². The molecule has 1 aliphatic rings. The van der Waals surface area contributed by atoms with Crippen LogP contribution in [0.25, 0.3) is 10.9 Å². The average Bonchev–Trinajstić information content (AvgIpc) is 3.17. The van der Waals surface area contributed by atoms with E-state index >= 15 is 0 Å². The van der Waals surface area contributed by atoms with Gasteiger partial charge in [-0.3, -0.25) is 4.79 Å². The number of hydrogen-bond donors (Lipinski definition) is 1. The van der Waals surface area contributed by atoms with Crippen LogP contribution in [0.4, 0.5) is 5.82 Å². The highest BCUT2D eigenvalue weighted by Gasteiger charge is 2.26. The average molecular weight is 405 g/mol. The third-order valence-electron chi connectivity index (χ3n) is 6.06. The van der Waals surface area contributed by atoms with Crippen LogP contribution >= 0.6 is 0 Å². The number of hydrogen-bond acceptors (Lipinski definition) is 3. The van der Waals surface area contributed by atoms with E-state index in [1.807, 2.05) is 12.3 Å². The van der Waals surface area contributed by atoms with E-state index in [4.69, 9.17) is 4.98 Å². The smallest absolute Gasteiger partial charge is 0.223 e. The molecule has 0 aliphatic carbocycles. The van der Waals surface area contributed by atoms with Crippen molar-refractivity contribution >= 4 is 22.6 Å². The molecule has 1 saturated heterocycles. The first kappa shape index (κ1) is 20.5. The van der Waals surface area contributed by atoms with Crippen molar-refractivity contribution in [3.8, 4) is 0 Å². The van der Waals surface area contributed by atoms with Crippen LogP contribution in [0.5, 0.6) is 0 Å². The molecule has 0 spiro atoms. The van der Waals surface area contributed by atoms with Crippen molar-refractivity contribution in [1.82, 2.24) is 14.9 Å². The first-order chi connectivity index (χ1) is 14.6. The van der Waals surface area contributed by atoms with Crippen molar-refractivity contribution in [1.29, 1.82) is 0 Å². The summed E-state index contributed by atoms with van der Waals surface area (Å²) >= 11 is 0. The summed E-state index contributed by atoms with van der Waals surface area (Å²) in [6, 6.07) is 14.8. The van der Waals surface area contributed by atoms with Crippen LogP contribution in [0.3, 0.4) is 0 Å². The second-order valence-electron chi connectivity index (χ2n) is 8.73. The predicted molar refractivity (Wildman–Crippen MR) is 123 cm³/mol. The van der Waals surface area contributed by atoms with E-state index in [0.717, 1.165) is 51.3 Å². The summed E-state index contributed by atoms with van der Waals surface area (Å²) in [5, 5.41) is 4.31. The number of pyridine rings is 1. The van der Waals surface area contributed by atoms with Gasteiger partial charge in [0, 0.05) is 49.9 Å². The van der Waals surface area contributed by atoms with Gasteiger partial charge in [-0.05, 0) is 42.9 Å². The Morgan fingerprint density at radius 2 is 1.90 bits per heavy atom. The highest BCUT2D eigenvalue weighted by Crippen LogP contribution is 2.29. The van der Waals surface area contributed by atoms with Gasteiger partial charge in [0.05, 0.1) is 5.52 Å². The zero-order chi connectivity index (χ0) is 20.9. The molecule has 4 rings (SSSR count). The molecule has 0 saturated carbocycles. The van der Waals surface area contributed by atoms with Crippen molar-refractivity contribution in [2.24, 2.45) is 11.8 Å². The van der Waals surface area contributed by atoms with Gasteiger partial charge in [0.15, 0.2) is 0 Å². The predicted octanol–water partition coefficient (Wildman–Crippen LogP) is 4.46. The number of carbonyl (C=O) groups excluding carboxylic acids is 1. The van der Waals surface area contributed by atoms with Crippen molar-refractivity contribution in [3.05, 3.63) is 60.4 Å². The lowest BCUT2D eigenvalue weighted by molar-refractivity contribution is -0.125. The minimum Gasteiger partial charge on any atom is -0.356 e. The van der Waals surface area contributed by atoms with Gasteiger partial charge >= 0.3 is 0 Å². The molecule has 1 aliphatic heterocycles. The fraction of sp³-hybridized carbons (Fsp3) is 0.440. The Morgan fingerprint density at radius 1 is 1.13 bits per heavy atom. The van der Waals surface area contributed by atoms with E-state index in [0.29, 0.717) is 5.92 Å². The molecule has 5 nitrogen and oxygen atoms in total. The number of benzene rings is 1. The van der Waals surface area contributed by atoms with Gasteiger partial charge in [-0.1, -0.05) is 44.2 Å². The Hall–Kier alpha value is -2.82. The number of amides is 1. The van der Waals surface area contributed by atoms with E-state index in [-0.39, 0.29) is 11.8 Å². The topological polar surface area (TPSA) is 50.2 Å². The molecule has 1 aromatic carbocycles. The molecule has 158 valence electrons. The molecule has 5 heteroatoms. The fourth-order valence-electron chi connectivity index (χ4n) is 4.26. The van der Waals surface area contributed by atoms with Crippen LogP contribution < -0.4 is 10.2 Å². The van der Waals surface area contributed by atoms with Gasteiger partial charge < -0.3 is 14.8 Å². The van der Waals surface area contributed by atoms with Crippen LogP contribution in [0.2, 0.25) is 0 Å². The third kappa shape index (κ3) is 4.66. The number of aromatic nitrogens is 2. The maximum absolute atomic E-state index is 12.5. The number of carbonyl (C=O) groups is 1. The van der Waals surface area contributed by atoms with E-state index in [1.165, 1.54) is 16.5 Å². The SMILES string of the molecule is CC(C)CCNC(=O)C1CCN(c2nccc3c2ccn3Cc2ccccc2)CC1. The van der Waals surface area contributed by atoms with Crippen LogP contribution in [0.15, 0.2) is 54.9 Å². The summed E-state index contributed by atoms with van der Waals surface area (Å²) in [6.45, 7) is 7.76. The van der Waals surface area contributed by atoms with E-state index in [2.05, 4.69) is 71.2 Å². The molecule has 1 amide bonds. The van der Waals surface area contributed by atoms with Crippen molar-refractivity contribution in [3.63, 3.8) is 0 Å². The van der Waals surface area contributed by atoms with E-state index in [9.17, 15) is 4.79 Å². The van der Waals surface area contributed by atoms with Crippen molar-refractivity contribution in [2.75, 3.05) is 24.5 Å². The van der Waals surface area contributed by atoms with Crippen molar-refractivity contribution in [2.45, 2.75) is 39.7 Å². The lowest BCUT2D eigenvalue weighted by Gasteiger charge is -2.32. The largest absolute Gasteiger partial charge is 0.356 e. The zero-order valence-corrected chi connectivity index (χ0v) is 18.1. The van der Waals surface area contributed by atoms with Crippen LogP contribution in [-0.4, -0.2) is 35.1 Å². The molecular formula is C25H32N4O. The summed E-state index contributed by atoms with van der Waals surface area (Å²) in [5.74, 6) is 2.00. The number of anilines is 1. The zero-order valence-electron chi connectivity index (χ0n) is 18.1. The van der Waals surface area contributed by atoms with Gasteiger partial charge in [-0.25, -0.2) is 4.98 Å². The molecule has 0 bridgehead atoms. The summed E-state index contributed by atoms with van der Waals surface area (Å²) in [7, 11) is 0. The summed E-state index contributed by atoms with van der Waals surface area (Å²) < 4.78 is 2.28. The van der Waals surface area contributed by atoms with Gasteiger partial charge in [0.2, 0.25) is 5.91 Å². The normalized spacial score (nSPS) is 15.1. The Morgan fingerprint density at radius 3 is 2.63 bits per heavy atom. The van der Waals surface area contributed by atoms with E-state index in [1.54, 1.807) is 0 Å². The number of piperidine rings is 1. The quantitative estimate of drug-likeness (QED) is 0.632. The lowest BCUT2D eigenvalue weighted by Crippen LogP contribution is -2.41. The summed E-state index contributed by atoms with van der Waals surface area (Å²) in [6.07, 6.45) is 6.87. The van der Waals surface area contributed by atoms with Crippen LogP contribution in [0, 0.1) is 11.8 Å². The Bertz CT molecular complexity index is 971. The Kier molecular flexibility index (Phi) is 6.36. The highest BCUT2D eigenvalue weighted by atomic mass is 16.1. The van der Waals surface area contributed by atoms with Gasteiger partial charge in [0.25, 0.3) is 0 Å². The number of rotatable bonds is 7. The molecule has 3 heterocycles. The standard InChI is InChI=1S/C25H32N4O/c1-19(2)8-13-27-25(30)21-10-15-28(16-11-21)24-22-12-17-29(23(22)9-14-26-24)18-20-6-4-3-5-7-20/h3-7,9,12,14,17,19,21H,8,10-11,13,15-16,18H2,1-2H3,(H,27,30). The second kappa shape index (κ2) is 9.33. The molecule has 2 aromatic heterocycles. The third-order valence-corrected chi connectivity index (χ3v) is 6.06. The molecule has 3 aromatic rings. The summed E-state index contributed by atoms with van der Waals surface area (Å²) in [5.41, 5.74) is 2.50. The Balaban J connectivity index is 1.41. The molecular weight excluding hydrogens is 372 g/mol. The maximum atomic E-state index is 12.5. The number of nitrogens with one attached hydrogen (secondary N) is 1. The summed E-state index contributed by atoms with van der Waals surface area (Å²) in [4.78, 5) is 19.5. The minimum absolute atomic E-state index is 0.121. The molecule has 1 N–H and O–H groups in total. The van der Waals surface area contributed by atoms with Gasteiger partial charge in [-0.2, -0.15) is 0 Å². The molecule has 0 unspecified atom stereocenters. The minimum atomic E-state index is 0.121. The van der Waals surface area contributed by atoms with E-state index < -0.39 is 0 Å². The molecule has 0 atom stereocenters. The molecule has 0 radical (unpaired) electrons. The maximum Gasteiger partial charge on any atom is 0.223 e.